The standard InChI is InChI=1S/C23H28N2O4/c1-17-16-19(11-5-10-18-8-3-2-4-9-18)29-23(28)21(17)22(27)24-13-7-15-25-14-6-12-20(25)26/h2-4,8-9,16H,5-7,10-15H2,1H3,(H,24,27). The van der Waals surface area contributed by atoms with Gasteiger partial charge in [0.25, 0.3) is 5.91 Å². The molecule has 1 N–H and O–H groups in total. The van der Waals surface area contributed by atoms with Crippen LogP contribution in [0.3, 0.4) is 0 Å². The Morgan fingerprint density at radius 3 is 2.62 bits per heavy atom. The van der Waals surface area contributed by atoms with E-state index in [2.05, 4.69) is 17.4 Å². The largest absolute Gasteiger partial charge is 0.427 e. The fourth-order valence-electron chi connectivity index (χ4n) is 3.68. The van der Waals surface area contributed by atoms with E-state index in [4.69, 9.17) is 4.42 Å². The van der Waals surface area contributed by atoms with Crippen molar-refractivity contribution in [2.45, 2.75) is 45.4 Å². The monoisotopic (exact) mass is 396 g/mol. The van der Waals surface area contributed by atoms with Crippen molar-refractivity contribution in [3.05, 3.63) is 69.3 Å². The molecule has 1 aliphatic rings. The summed E-state index contributed by atoms with van der Waals surface area (Å²) in [5, 5.41) is 2.77. The zero-order valence-corrected chi connectivity index (χ0v) is 16.9. The van der Waals surface area contributed by atoms with Gasteiger partial charge >= 0.3 is 5.63 Å². The molecule has 3 rings (SSSR count). The van der Waals surface area contributed by atoms with Crippen LogP contribution in [-0.2, 0) is 17.6 Å². The molecule has 2 heterocycles. The van der Waals surface area contributed by atoms with Gasteiger partial charge in [-0.3, -0.25) is 9.59 Å². The summed E-state index contributed by atoms with van der Waals surface area (Å²) in [5.74, 6) is 0.364. The van der Waals surface area contributed by atoms with Crippen molar-refractivity contribution in [2.75, 3.05) is 19.6 Å². The molecule has 0 aliphatic carbocycles. The predicted octanol–water partition coefficient (Wildman–Crippen LogP) is 2.87. The maximum absolute atomic E-state index is 12.4. The van der Waals surface area contributed by atoms with E-state index >= 15 is 0 Å². The molecule has 1 aromatic carbocycles. The van der Waals surface area contributed by atoms with Gasteiger partial charge in [-0.1, -0.05) is 30.3 Å². The van der Waals surface area contributed by atoms with E-state index in [0.29, 0.717) is 43.7 Å². The van der Waals surface area contributed by atoms with E-state index in [1.165, 1.54) is 5.56 Å². The van der Waals surface area contributed by atoms with Gasteiger partial charge in [-0.2, -0.15) is 0 Å². The average Bonchev–Trinajstić information content (AvgIpc) is 3.10. The third-order valence-electron chi connectivity index (χ3n) is 5.22. The molecular weight excluding hydrogens is 368 g/mol. The van der Waals surface area contributed by atoms with Crippen LogP contribution in [0.25, 0.3) is 0 Å². The van der Waals surface area contributed by atoms with Gasteiger partial charge in [0.2, 0.25) is 5.91 Å². The van der Waals surface area contributed by atoms with Crippen molar-refractivity contribution >= 4 is 11.8 Å². The fourth-order valence-corrected chi connectivity index (χ4v) is 3.68. The molecule has 0 spiro atoms. The second-order valence-corrected chi connectivity index (χ2v) is 7.49. The van der Waals surface area contributed by atoms with Crippen molar-refractivity contribution in [1.29, 1.82) is 0 Å². The number of benzene rings is 1. The van der Waals surface area contributed by atoms with Gasteiger partial charge in [-0.05, 0) is 49.8 Å². The summed E-state index contributed by atoms with van der Waals surface area (Å²) in [6.45, 7) is 3.60. The minimum Gasteiger partial charge on any atom is -0.427 e. The van der Waals surface area contributed by atoms with Crippen LogP contribution in [-0.4, -0.2) is 36.3 Å². The molecule has 2 amide bonds. The van der Waals surface area contributed by atoms with Gasteiger partial charge in [0.05, 0.1) is 0 Å². The molecule has 29 heavy (non-hydrogen) atoms. The van der Waals surface area contributed by atoms with E-state index in [0.717, 1.165) is 25.8 Å². The summed E-state index contributed by atoms with van der Waals surface area (Å²) in [7, 11) is 0. The molecule has 154 valence electrons. The smallest absolute Gasteiger partial charge is 0.349 e. The second kappa shape index (κ2) is 10.0. The van der Waals surface area contributed by atoms with Gasteiger partial charge in [-0.25, -0.2) is 4.79 Å². The Balaban J connectivity index is 1.49. The van der Waals surface area contributed by atoms with Crippen LogP contribution in [0.15, 0.2) is 45.6 Å². The highest BCUT2D eigenvalue weighted by molar-refractivity contribution is 5.95. The highest BCUT2D eigenvalue weighted by Crippen LogP contribution is 2.12. The third kappa shape index (κ3) is 5.79. The molecule has 2 aromatic rings. The zero-order chi connectivity index (χ0) is 20.6. The van der Waals surface area contributed by atoms with Gasteiger partial charge in [0.15, 0.2) is 0 Å². The Morgan fingerprint density at radius 1 is 1.14 bits per heavy atom. The summed E-state index contributed by atoms with van der Waals surface area (Å²) in [4.78, 5) is 38.1. The summed E-state index contributed by atoms with van der Waals surface area (Å²) < 4.78 is 5.38. The molecule has 0 unspecified atom stereocenters. The number of hydrogen-bond acceptors (Lipinski definition) is 4. The topological polar surface area (TPSA) is 79.6 Å². The zero-order valence-electron chi connectivity index (χ0n) is 16.9. The van der Waals surface area contributed by atoms with Crippen molar-refractivity contribution < 1.29 is 14.0 Å². The SMILES string of the molecule is Cc1cc(CCCc2ccccc2)oc(=O)c1C(=O)NCCCN1CCCC1=O. The number of aryl methyl sites for hydroxylation is 3. The Hall–Kier alpha value is -2.89. The van der Waals surface area contributed by atoms with Crippen molar-refractivity contribution in [2.24, 2.45) is 0 Å². The summed E-state index contributed by atoms with van der Waals surface area (Å²) in [6, 6.07) is 11.9. The first-order chi connectivity index (χ1) is 14.0. The second-order valence-electron chi connectivity index (χ2n) is 7.49. The summed E-state index contributed by atoms with van der Waals surface area (Å²) in [5.41, 5.74) is 1.35. The number of rotatable bonds is 9. The lowest BCUT2D eigenvalue weighted by Crippen LogP contribution is -2.33. The highest BCUT2D eigenvalue weighted by atomic mass is 16.4. The number of nitrogens with zero attached hydrogens (tertiary/aromatic N) is 1. The third-order valence-corrected chi connectivity index (χ3v) is 5.22. The van der Waals surface area contributed by atoms with Crippen molar-refractivity contribution in [3.63, 3.8) is 0 Å². The lowest BCUT2D eigenvalue weighted by Gasteiger charge is -2.15. The first-order valence-electron chi connectivity index (χ1n) is 10.3. The fraction of sp³-hybridized carbons (Fsp3) is 0.435. The van der Waals surface area contributed by atoms with Crippen molar-refractivity contribution in [1.82, 2.24) is 10.2 Å². The van der Waals surface area contributed by atoms with Crippen LogP contribution in [0.2, 0.25) is 0 Å². The lowest BCUT2D eigenvalue weighted by atomic mass is 10.1. The van der Waals surface area contributed by atoms with Crippen LogP contribution >= 0.6 is 0 Å². The molecule has 6 heteroatoms. The highest BCUT2D eigenvalue weighted by Gasteiger charge is 2.20. The molecule has 0 radical (unpaired) electrons. The molecular formula is C23H28N2O4. The summed E-state index contributed by atoms with van der Waals surface area (Å²) >= 11 is 0. The number of carbonyl (C=O) groups excluding carboxylic acids is 2. The Bertz CT molecular complexity index is 905. The first-order valence-corrected chi connectivity index (χ1v) is 10.3. The van der Waals surface area contributed by atoms with Gasteiger partial charge in [0, 0.05) is 32.5 Å². The quantitative estimate of drug-likeness (QED) is 0.661. The first kappa shape index (κ1) is 20.8. The average molecular weight is 396 g/mol. The molecule has 0 saturated carbocycles. The molecule has 1 fully saturated rings. The summed E-state index contributed by atoms with van der Waals surface area (Å²) in [6.07, 6.45) is 4.61. The maximum atomic E-state index is 12.4. The van der Waals surface area contributed by atoms with E-state index in [1.807, 2.05) is 23.1 Å². The van der Waals surface area contributed by atoms with Crippen LogP contribution in [0.1, 0.15) is 52.9 Å². The maximum Gasteiger partial charge on any atom is 0.349 e. The Kier molecular flexibility index (Phi) is 7.22. The van der Waals surface area contributed by atoms with E-state index in [9.17, 15) is 14.4 Å². The normalized spacial score (nSPS) is 13.7. The molecule has 1 aliphatic heterocycles. The number of nitrogens with one attached hydrogen (secondary N) is 1. The Labute approximate surface area is 170 Å². The molecule has 0 atom stereocenters. The van der Waals surface area contributed by atoms with Crippen LogP contribution in [0.4, 0.5) is 0 Å². The van der Waals surface area contributed by atoms with Crippen LogP contribution < -0.4 is 10.9 Å². The van der Waals surface area contributed by atoms with Crippen molar-refractivity contribution in [3.8, 4) is 0 Å². The Morgan fingerprint density at radius 2 is 1.93 bits per heavy atom. The number of amides is 2. The van der Waals surface area contributed by atoms with Gasteiger partial charge in [-0.15, -0.1) is 0 Å². The number of likely N-dealkylation sites (tertiary alicyclic amines) is 1. The minimum atomic E-state index is -0.591. The van der Waals surface area contributed by atoms with Crippen LogP contribution in [0, 0.1) is 6.92 Å². The minimum absolute atomic E-state index is 0.0639. The molecule has 1 saturated heterocycles. The van der Waals surface area contributed by atoms with Gasteiger partial charge in [0.1, 0.15) is 11.3 Å². The molecule has 0 bridgehead atoms. The van der Waals surface area contributed by atoms with Crippen LogP contribution in [0.5, 0.6) is 0 Å². The van der Waals surface area contributed by atoms with E-state index < -0.39 is 11.5 Å². The predicted molar refractivity (Wildman–Crippen MR) is 111 cm³/mol. The number of hydrogen-bond donors (Lipinski definition) is 1. The molecule has 6 nitrogen and oxygen atoms in total. The van der Waals surface area contributed by atoms with E-state index in [1.54, 1.807) is 13.0 Å². The number of carbonyl (C=O) groups is 2. The lowest BCUT2D eigenvalue weighted by molar-refractivity contribution is -0.127. The molecule has 1 aromatic heterocycles. The van der Waals surface area contributed by atoms with E-state index in [-0.39, 0.29) is 11.5 Å². The van der Waals surface area contributed by atoms with Gasteiger partial charge < -0.3 is 14.6 Å².